The van der Waals surface area contributed by atoms with Gasteiger partial charge in [-0.1, -0.05) is 6.07 Å². The van der Waals surface area contributed by atoms with Gasteiger partial charge in [0.05, 0.1) is 11.9 Å². The number of aliphatic carboxylic acids is 1. The number of hydrogen-bond acceptors (Lipinski definition) is 3. The molecule has 0 bridgehead atoms. The van der Waals surface area contributed by atoms with Gasteiger partial charge in [-0.25, -0.2) is 0 Å². The van der Waals surface area contributed by atoms with Crippen molar-refractivity contribution in [2.45, 2.75) is 36.9 Å². The first kappa shape index (κ1) is 11.9. The van der Waals surface area contributed by atoms with Crippen LogP contribution in [0.2, 0.25) is 0 Å². The number of carbonyl (C=O) groups is 1. The predicted octanol–water partition coefficient (Wildman–Crippen LogP) is 2.42. The molecule has 2 aliphatic rings. The van der Waals surface area contributed by atoms with Crippen molar-refractivity contribution in [1.29, 1.82) is 0 Å². The molecule has 96 valence electrons. The maximum atomic E-state index is 10.9. The molecule has 3 nitrogen and oxygen atoms in total. The summed E-state index contributed by atoms with van der Waals surface area (Å²) in [7, 11) is 0. The van der Waals surface area contributed by atoms with Gasteiger partial charge < -0.3 is 9.84 Å². The van der Waals surface area contributed by atoms with Crippen LogP contribution in [0.5, 0.6) is 5.75 Å². The van der Waals surface area contributed by atoms with E-state index in [1.165, 1.54) is 16.7 Å². The van der Waals surface area contributed by atoms with Crippen LogP contribution in [0.4, 0.5) is 0 Å². The highest BCUT2D eigenvalue weighted by Gasteiger charge is 2.31. The molecule has 1 aliphatic carbocycles. The Morgan fingerprint density at radius 2 is 2.33 bits per heavy atom. The van der Waals surface area contributed by atoms with Crippen LogP contribution in [-0.4, -0.2) is 22.9 Å². The molecule has 2 atom stereocenters. The molecule has 3 rings (SSSR count). The van der Waals surface area contributed by atoms with Gasteiger partial charge in [-0.15, -0.1) is 0 Å². The zero-order valence-corrected chi connectivity index (χ0v) is 11.0. The molecule has 0 radical (unpaired) electrons. The fourth-order valence-corrected chi connectivity index (χ4v) is 3.41. The number of carboxylic acids is 1. The zero-order chi connectivity index (χ0) is 12.7. The number of fused-ring (bicyclic) bond motifs is 3. The van der Waals surface area contributed by atoms with Gasteiger partial charge in [-0.2, -0.15) is 12.6 Å². The van der Waals surface area contributed by atoms with Gasteiger partial charge in [0.1, 0.15) is 5.75 Å². The van der Waals surface area contributed by atoms with Crippen LogP contribution in [0, 0.1) is 0 Å². The van der Waals surface area contributed by atoms with Crippen molar-refractivity contribution in [3.63, 3.8) is 0 Å². The van der Waals surface area contributed by atoms with Crippen LogP contribution in [-0.2, 0) is 17.6 Å². The van der Waals surface area contributed by atoms with Gasteiger partial charge in [-0.05, 0) is 42.4 Å². The smallest absolute Gasteiger partial charge is 0.316 e. The van der Waals surface area contributed by atoms with Gasteiger partial charge in [0.25, 0.3) is 0 Å². The number of carboxylic acid groups (broad SMARTS) is 1. The monoisotopic (exact) mass is 264 g/mol. The van der Waals surface area contributed by atoms with Crippen molar-refractivity contribution in [3.8, 4) is 5.75 Å². The summed E-state index contributed by atoms with van der Waals surface area (Å²) < 4.78 is 5.59. The third kappa shape index (κ3) is 1.88. The van der Waals surface area contributed by atoms with Gasteiger partial charge >= 0.3 is 5.97 Å². The maximum Gasteiger partial charge on any atom is 0.316 e. The molecular formula is C14H16O3S. The van der Waals surface area contributed by atoms with Crippen molar-refractivity contribution < 1.29 is 14.6 Å². The second-order valence-electron chi connectivity index (χ2n) is 5.04. The van der Waals surface area contributed by atoms with Crippen molar-refractivity contribution in [3.05, 3.63) is 28.8 Å². The van der Waals surface area contributed by atoms with Crippen LogP contribution in [0.3, 0.4) is 0 Å². The largest absolute Gasteiger partial charge is 0.493 e. The van der Waals surface area contributed by atoms with Gasteiger partial charge in [0.15, 0.2) is 0 Å². The van der Waals surface area contributed by atoms with Crippen molar-refractivity contribution in [2.24, 2.45) is 0 Å². The Labute approximate surface area is 112 Å². The Hall–Kier alpha value is -1.16. The quantitative estimate of drug-likeness (QED) is 0.824. The van der Waals surface area contributed by atoms with E-state index < -0.39 is 11.2 Å². The fraction of sp³-hybridized carbons (Fsp3) is 0.500. The lowest BCUT2D eigenvalue weighted by Crippen LogP contribution is -2.16. The van der Waals surface area contributed by atoms with Crippen molar-refractivity contribution >= 4 is 18.6 Å². The number of hydrogen-bond donors (Lipinski definition) is 2. The van der Waals surface area contributed by atoms with Crippen LogP contribution in [0.15, 0.2) is 12.1 Å². The average Bonchev–Trinajstić information content (AvgIpc) is 2.94. The summed E-state index contributed by atoms with van der Waals surface area (Å²) in [6.07, 6.45) is 3.66. The highest BCUT2D eigenvalue weighted by atomic mass is 32.1. The lowest BCUT2D eigenvalue weighted by atomic mass is 9.91. The molecule has 1 aliphatic heterocycles. The summed E-state index contributed by atoms with van der Waals surface area (Å²) in [5, 5.41) is 8.41. The molecule has 0 aromatic heterocycles. The summed E-state index contributed by atoms with van der Waals surface area (Å²) >= 11 is 4.17. The van der Waals surface area contributed by atoms with Crippen LogP contribution >= 0.6 is 12.6 Å². The highest BCUT2D eigenvalue weighted by Crippen LogP contribution is 2.44. The normalized spacial score (nSPS) is 22.2. The summed E-state index contributed by atoms with van der Waals surface area (Å²) in [5.74, 6) is 0.498. The number of benzene rings is 1. The van der Waals surface area contributed by atoms with E-state index in [0.717, 1.165) is 31.6 Å². The first-order chi connectivity index (χ1) is 8.66. The van der Waals surface area contributed by atoms with Gasteiger partial charge in [0, 0.05) is 12.0 Å². The number of ether oxygens (including phenoxy) is 1. The molecule has 0 amide bonds. The molecular weight excluding hydrogens is 248 g/mol. The van der Waals surface area contributed by atoms with E-state index in [-0.39, 0.29) is 0 Å². The molecule has 1 heterocycles. The second-order valence-corrected chi connectivity index (χ2v) is 5.66. The van der Waals surface area contributed by atoms with E-state index in [9.17, 15) is 4.79 Å². The molecule has 1 unspecified atom stereocenters. The Kier molecular flexibility index (Phi) is 2.98. The highest BCUT2D eigenvalue weighted by molar-refractivity contribution is 7.81. The Balaban J connectivity index is 1.91. The minimum absolute atomic E-state index is 0.329. The second kappa shape index (κ2) is 4.50. The number of aryl methyl sites for hydroxylation is 1. The SMILES string of the molecule is O=C(O)C(S)C[C@@H]1CCc2ccc3c(c21)CCO3. The molecule has 1 N–H and O–H groups in total. The molecule has 1 aromatic carbocycles. The molecule has 0 saturated carbocycles. The summed E-state index contributed by atoms with van der Waals surface area (Å²) in [6.45, 7) is 0.752. The van der Waals surface area contributed by atoms with E-state index in [4.69, 9.17) is 9.84 Å². The van der Waals surface area contributed by atoms with Gasteiger partial charge in [-0.3, -0.25) is 4.79 Å². The zero-order valence-electron chi connectivity index (χ0n) is 10.1. The van der Waals surface area contributed by atoms with Crippen LogP contribution in [0.25, 0.3) is 0 Å². The first-order valence-electron chi connectivity index (χ1n) is 6.35. The minimum atomic E-state index is -0.824. The topological polar surface area (TPSA) is 46.5 Å². The standard InChI is InChI=1S/C14H16O3S/c15-14(16)12(18)7-9-2-1-8-3-4-11-10(13(8)9)5-6-17-11/h3-4,9,12,18H,1-2,5-7H2,(H,15,16)/t9-,12?/m0/s1. The van der Waals surface area contributed by atoms with Gasteiger partial charge in [0.2, 0.25) is 0 Å². The Morgan fingerprint density at radius 3 is 3.11 bits per heavy atom. The van der Waals surface area contributed by atoms with Crippen LogP contribution < -0.4 is 4.74 Å². The first-order valence-corrected chi connectivity index (χ1v) is 6.87. The van der Waals surface area contributed by atoms with E-state index in [0.29, 0.717) is 12.3 Å². The third-order valence-electron chi connectivity index (χ3n) is 3.98. The average molecular weight is 264 g/mol. The van der Waals surface area contributed by atoms with E-state index >= 15 is 0 Å². The van der Waals surface area contributed by atoms with Crippen molar-refractivity contribution in [2.75, 3.05) is 6.61 Å². The maximum absolute atomic E-state index is 10.9. The molecule has 1 aromatic rings. The lowest BCUT2D eigenvalue weighted by molar-refractivity contribution is -0.136. The van der Waals surface area contributed by atoms with E-state index in [1.807, 2.05) is 0 Å². The molecule has 18 heavy (non-hydrogen) atoms. The summed E-state index contributed by atoms with van der Waals surface area (Å²) in [5.41, 5.74) is 4.03. The number of rotatable bonds is 3. The minimum Gasteiger partial charge on any atom is -0.493 e. The molecule has 4 heteroatoms. The summed E-state index contributed by atoms with van der Waals surface area (Å²) in [6, 6.07) is 4.19. The van der Waals surface area contributed by atoms with Crippen LogP contribution in [0.1, 0.15) is 35.4 Å². The van der Waals surface area contributed by atoms with E-state index in [2.05, 4.69) is 24.8 Å². The summed E-state index contributed by atoms with van der Waals surface area (Å²) in [4.78, 5) is 10.9. The fourth-order valence-electron chi connectivity index (χ4n) is 3.16. The predicted molar refractivity (Wildman–Crippen MR) is 71.7 cm³/mol. The molecule has 0 saturated heterocycles. The Morgan fingerprint density at radius 1 is 1.50 bits per heavy atom. The Bertz CT molecular complexity index is 498. The van der Waals surface area contributed by atoms with E-state index in [1.54, 1.807) is 0 Å². The molecule has 0 fully saturated rings. The molecule has 0 spiro atoms. The third-order valence-corrected chi connectivity index (χ3v) is 4.41. The number of thiol groups is 1. The lowest BCUT2D eigenvalue weighted by Gasteiger charge is -2.16. The van der Waals surface area contributed by atoms with Crippen molar-refractivity contribution in [1.82, 2.24) is 0 Å².